The molecule has 0 spiro atoms. The lowest BCUT2D eigenvalue weighted by atomic mass is 10.3. The van der Waals surface area contributed by atoms with Gasteiger partial charge in [0.1, 0.15) is 9.84 Å². The van der Waals surface area contributed by atoms with Crippen molar-refractivity contribution in [3.8, 4) is 0 Å². The zero-order chi connectivity index (χ0) is 18.3. The van der Waals surface area contributed by atoms with Gasteiger partial charge >= 0.3 is 12.4 Å². The summed E-state index contributed by atoms with van der Waals surface area (Å²) in [6.45, 7) is -0.238. The van der Waals surface area contributed by atoms with E-state index in [-0.39, 0.29) is 5.75 Å². The molecule has 0 aromatic carbocycles. The highest BCUT2D eigenvalue weighted by Crippen LogP contribution is 2.35. The van der Waals surface area contributed by atoms with Crippen LogP contribution in [0.3, 0.4) is 0 Å². The minimum atomic E-state index is -5.58. The van der Waals surface area contributed by atoms with E-state index >= 15 is 0 Å². The Labute approximate surface area is 131 Å². The molecule has 0 aliphatic rings. The van der Waals surface area contributed by atoms with Crippen LogP contribution >= 0.6 is 0 Å². The molecule has 0 aromatic rings. The van der Waals surface area contributed by atoms with Crippen molar-refractivity contribution in [3.05, 3.63) is 0 Å². The number of nitrogens with zero attached hydrogens (tertiary/aromatic N) is 1. The topological polar surface area (TPSA) is 46.6 Å². The molecule has 140 valence electrons. The molecule has 0 atom stereocenters. The van der Waals surface area contributed by atoms with Crippen LogP contribution in [0.1, 0.15) is 19.3 Å². The Morgan fingerprint density at radius 2 is 1.39 bits per heavy atom. The summed E-state index contributed by atoms with van der Waals surface area (Å²) in [5.74, 6) is -0.653. The third-order valence-corrected chi connectivity index (χ3v) is 4.61. The van der Waals surface area contributed by atoms with Gasteiger partial charge in [-0.3, -0.25) is 0 Å². The fraction of sp³-hybridized carbons (Fsp3) is 1.00. The number of halogens is 6. The van der Waals surface area contributed by atoms with Crippen LogP contribution in [0.15, 0.2) is 0 Å². The van der Waals surface area contributed by atoms with E-state index in [4.69, 9.17) is 0 Å². The maximum Gasteiger partial charge on any atom is 0.423 e. The van der Waals surface area contributed by atoms with E-state index in [2.05, 4.69) is 4.74 Å². The third kappa shape index (κ3) is 10.8. The predicted octanol–water partition coefficient (Wildman–Crippen LogP) is 2.64. The maximum absolute atomic E-state index is 12.2. The van der Waals surface area contributed by atoms with Crippen LogP contribution in [0.2, 0.25) is 0 Å². The van der Waals surface area contributed by atoms with Gasteiger partial charge < -0.3 is 9.64 Å². The summed E-state index contributed by atoms with van der Waals surface area (Å²) in [5.41, 5.74) is 0. The molecule has 11 heteroatoms. The molecule has 23 heavy (non-hydrogen) atoms. The first-order valence-corrected chi connectivity index (χ1v) is 8.68. The first kappa shape index (κ1) is 22.4. The number of hydrogen-bond donors (Lipinski definition) is 0. The largest absolute Gasteiger partial charge is 0.423 e. The fourth-order valence-corrected chi connectivity index (χ4v) is 3.11. The molecule has 0 N–H and O–H groups in total. The van der Waals surface area contributed by atoms with Crippen molar-refractivity contribution in [1.29, 1.82) is 0 Å². The number of hydrogen-bond acceptors (Lipinski definition) is 4. The molecular weight excluding hydrogens is 352 g/mol. The van der Waals surface area contributed by atoms with E-state index in [1.165, 1.54) is 0 Å². The summed E-state index contributed by atoms with van der Waals surface area (Å²) >= 11 is 0. The minimum absolute atomic E-state index is 0.150. The summed E-state index contributed by atoms with van der Waals surface area (Å²) in [6, 6.07) is 0. The molecule has 0 unspecified atom stereocenters. The quantitative estimate of drug-likeness (QED) is 0.436. The number of sulfone groups is 1. The minimum Gasteiger partial charge on any atom is -0.361 e. The van der Waals surface area contributed by atoms with Crippen LogP contribution in [0, 0.1) is 0 Å². The van der Waals surface area contributed by atoms with Crippen molar-refractivity contribution in [1.82, 2.24) is 4.90 Å². The van der Waals surface area contributed by atoms with Gasteiger partial charge in [-0.1, -0.05) is 0 Å². The normalized spacial score (nSPS) is 14.0. The van der Waals surface area contributed by atoms with Gasteiger partial charge in [-0.25, -0.2) is 8.42 Å². The predicted molar refractivity (Wildman–Crippen MR) is 72.9 cm³/mol. The average molecular weight is 373 g/mol. The van der Waals surface area contributed by atoms with Crippen molar-refractivity contribution in [2.24, 2.45) is 0 Å². The zero-order valence-electron chi connectivity index (χ0n) is 12.9. The van der Waals surface area contributed by atoms with Gasteiger partial charge in [0.15, 0.2) is 0 Å². The average Bonchev–Trinajstić information content (AvgIpc) is 2.30. The summed E-state index contributed by atoms with van der Waals surface area (Å²) in [5, 5.41) is 0. The second kappa shape index (κ2) is 9.07. The highest BCUT2D eigenvalue weighted by molar-refractivity contribution is 7.91. The van der Waals surface area contributed by atoms with Crippen molar-refractivity contribution >= 4 is 9.84 Å². The van der Waals surface area contributed by atoms with Crippen molar-refractivity contribution in [2.75, 3.05) is 38.8 Å². The summed E-state index contributed by atoms with van der Waals surface area (Å²) < 4.78 is 100. The van der Waals surface area contributed by atoms with Gasteiger partial charge in [-0.05, 0) is 39.9 Å². The SMILES string of the molecule is CN(C)CCCCS(=O)(=O)CCCOC(C(F)(F)F)C(F)(F)F. The molecule has 0 heterocycles. The molecule has 0 saturated heterocycles. The van der Waals surface area contributed by atoms with Gasteiger partial charge in [0.05, 0.1) is 11.5 Å². The summed E-state index contributed by atoms with van der Waals surface area (Å²) in [7, 11) is 0.137. The van der Waals surface area contributed by atoms with Crippen LogP contribution in [0.25, 0.3) is 0 Å². The Hall–Kier alpha value is -0.550. The van der Waals surface area contributed by atoms with E-state index in [1.54, 1.807) is 0 Å². The first-order valence-electron chi connectivity index (χ1n) is 6.86. The summed E-state index contributed by atoms with van der Waals surface area (Å²) in [4.78, 5) is 1.87. The van der Waals surface area contributed by atoms with Gasteiger partial charge in [0, 0.05) is 6.61 Å². The van der Waals surface area contributed by atoms with Crippen LogP contribution in [-0.4, -0.2) is 70.5 Å². The second-order valence-corrected chi connectivity index (χ2v) is 7.65. The van der Waals surface area contributed by atoms with Crippen molar-refractivity contribution < 1.29 is 39.5 Å². The standard InChI is InChI=1S/C12H21F6NO3S/c1-19(2)6-3-4-8-23(20,21)9-5-7-22-10(11(13,14)15)12(16,17)18/h10H,3-9H2,1-2H3. The molecule has 4 nitrogen and oxygen atoms in total. The molecule has 0 aromatic heterocycles. The Morgan fingerprint density at radius 1 is 0.913 bits per heavy atom. The lowest BCUT2D eigenvalue weighted by molar-refractivity contribution is -0.321. The monoisotopic (exact) mass is 373 g/mol. The van der Waals surface area contributed by atoms with E-state index in [0.29, 0.717) is 19.4 Å². The number of ether oxygens (including phenoxy) is 1. The van der Waals surface area contributed by atoms with Crippen LogP contribution < -0.4 is 0 Å². The second-order valence-electron chi connectivity index (χ2n) is 5.35. The van der Waals surface area contributed by atoms with E-state index in [9.17, 15) is 34.8 Å². The Morgan fingerprint density at radius 3 is 1.83 bits per heavy atom. The molecule has 0 saturated carbocycles. The number of unbranched alkanes of at least 4 members (excludes halogenated alkanes) is 1. The smallest absolute Gasteiger partial charge is 0.361 e. The maximum atomic E-state index is 12.2. The van der Waals surface area contributed by atoms with E-state index in [0.717, 1.165) is 0 Å². The van der Waals surface area contributed by atoms with Gasteiger partial charge in [-0.15, -0.1) is 0 Å². The lowest BCUT2D eigenvalue weighted by Gasteiger charge is -2.23. The van der Waals surface area contributed by atoms with Crippen molar-refractivity contribution in [2.45, 2.75) is 37.7 Å². The number of rotatable bonds is 10. The Balaban J connectivity index is 4.18. The van der Waals surface area contributed by atoms with Gasteiger partial charge in [-0.2, -0.15) is 26.3 Å². The van der Waals surface area contributed by atoms with Crippen LogP contribution in [0.5, 0.6) is 0 Å². The molecule has 0 aliphatic carbocycles. The highest BCUT2D eigenvalue weighted by atomic mass is 32.2. The molecular formula is C12H21F6NO3S. The molecule has 0 aliphatic heterocycles. The van der Waals surface area contributed by atoms with E-state index in [1.807, 2.05) is 19.0 Å². The van der Waals surface area contributed by atoms with Crippen molar-refractivity contribution in [3.63, 3.8) is 0 Å². The lowest BCUT2D eigenvalue weighted by Crippen LogP contribution is -2.44. The van der Waals surface area contributed by atoms with Gasteiger partial charge in [0.2, 0.25) is 6.10 Å². The van der Waals surface area contributed by atoms with E-state index < -0.39 is 47.1 Å². The summed E-state index contributed by atoms with van der Waals surface area (Å²) in [6.07, 6.45) is -14.5. The zero-order valence-corrected chi connectivity index (χ0v) is 13.7. The van der Waals surface area contributed by atoms with Crippen LogP contribution in [0.4, 0.5) is 26.3 Å². The highest BCUT2D eigenvalue weighted by Gasteiger charge is 2.57. The molecule has 0 amide bonds. The Kier molecular flexibility index (Phi) is 8.85. The third-order valence-electron chi connectivity index (χ3n) is 2.79. The molecule has 0 radical (unpaired) electrons. The Bertz CT molecular complexity index is 419. The van der Waals surface area contributed by atoms with Gasteiger partial charge in [0.25, 0.3) is 0 Å². The molecule has 0 bridgehead atoms. The molecule has 0 rings (SSSR count). The fourth-order valence-electron chi connectivity index (χ4n) is 1.71. The number of alkyl halides is 6. The van der Waals surface area contributed by atoms with Crippen LogP contribution in [-0.2, 0) is 14.6 Å². The first-order chi connectivity index (χ1) is 10.3. The molecule has 0 fully saturated rings.